The molecule has 1 aromatic rings. The van der Waals surface area contributed by atoms with Gasteiger partial charge in [0.05, 0.1) is 0 Å². The zero-order valence-corrected chi connectivity index (χ0v) is 8.01. The number of nitroso groups, excluding NO2 is 1. The third-order valence-corrected chi connectivity index (χ3v) is 2.01. The lowest BCUT2D eigenvalue weighted by molar-refractivity contribution is 1.10. The van der Waals surface area contributed by atoms with Crippen LogP contribution in [0.5, 0.6) is 0 Å². The van der Waals surface area contributed by atoms with Crippen molar-refractivity contribution in [1.29, 1.82) is 0 Å². The normalized spacial score (nSPS) is 12.6. The highest BCUT2D eigenvalue weighted by Crippen LogP contribution is 2.29. The number of hydrogen-bond donors (Lipinski definition) is 1. The van der Waals surface area contributed by atoms with Crippen LogP contribution in [0.15, 0.2) is 23.4 Å². The number of nitrogens with zero attached hydrogens (tertiary/aromatic N) is 1. The predicted molar refractivity (Wildman–Crippen MR) is 54.0 cm³/mol. The van der Waals surface area contributed by atoms with Gasteiger partial charge in [-0.1, -0.05) is 12.1 Å². The van der Waals surface area contributed by atoms with Crippen LogP contribution in [0.1, 0.15) is 23.3 Å². The van der Waals surface area contributed by atoms with Gasteiger partial charge in [0.2, 0.25) is 0 Å². The van der Waals surface area contributed by atoms with E-state index in [0.29, 0.717) is 5.69 Å². The van der Waals surface area contributed by atoms with E-state index in [-0.39, 0.29) is 5.25 Å². The first-order valence-electron chi connectivity index (χ1n) is 3.77. The van der Waals surface area contributed by atoms with E-state index in [1.807, 2.05) is 26.0 Å². The van der Waals surface area contributed by atoms with E-state index in [2.05, 4.69) is 17.8 Å². The average Bonchev–Trinajstić information content (AvgIpc) is 2.03. The molecule has 0 aromatic heterocycles. The van der Waals surface area contributed by atoms with Crippen molar-refractivity contribution in [3.8, 4) is 0 Å². The van der Waals surface area contributed by atoms with Gasteiger partial charge in [-0.25, -0.2) is 0 Å². The maximum Gasteiger partial charge on any atom is 0.112 e. The van der Waals surface area contributed by atoms with Crippen LogP contribution < -0.4 is 0 Å². The summed E-state index contributed by atoms with van der Waals surface area (Å²) < 4.78 is 0. The molecule has 0 spiro atoms. The van der Waals surface area contributed by atoms with Gasteiger partial charge >= 0.3 is 0 Å². The highest BCUT2D eigenvalue weighted by Gasteiger charge is 2.06. The second-order valence-corrected chi connectivity index (χ2v) is 3.60. The number of aryl methyl sites for hydroxylation is 1. The third kappa shape index (κ3) is 1.85. The fraction of sp³-hybridized carbons (Fsp3) is 0.333. The lowest BCUT2D eigenvalue weighted by atomic mass is 10.1. The minimum atomic E-state index is 0.0540. The first kappa shape index (κ1) is 9.26. The van der Waals surface area contributed by atoms with Gasteiger partial charge in [-0.2, -0.15) is 12.6 Å². The van der Waals surface area contributed by atoms with Crippen LogP contribution in [0.3, 0.4) is 0 Å². The standard InChI is InChI=1S/C9H11NOS/c1-6-3-4-8(7(2)12)9(5-6)10-11/h3-5,7,12H,1-2H3. The summed E-state index contributed by atoms with van der Waals surface area (Å²) in [6.07, 6.45) is 0. The van der Waals surface area contributed by atoms with Crippen molar-refractivity contribution in [1.82, 2.24) is 0 Å². The van der Waals surface area contributed by atoms with Gasteiger partial charge in [0.1, 0.15) is 5.69 Å². The number of rotatable bonds is 2. The van der Waals surface area contributed by atoms with Gasteiger partial charge in [0, 0.05) is 5.25 Å². The molecule has 0 fully saturated rings. The molecule has 0 bridgehead atoms. The Morgan fingerprint density at radius 3 is 2.67 bits per heavy atom. The van der Waals surface area contributed by atoms with E-state index >= 15 is 0 Å². The Kier molecular flexibility index (Phi) is 2.87. The van der Waals surface area contributed by atoms with Gasteiger partial charge in [0.15, 0.2) is 0 Å². The van der Waals surface area contributed by atoms with E-state index in [4.69, 9.17) is 0 Å². The molecular weight excluding hydrogens is 170 g/mol. The van der Waals surface area contributed by atoms with E-state index in [9.17, 15) is 4.91 Å². The molecule has 0 aliphatic carbocycles. The second kappa shape index (κ2) is 3.72. The average molecular weight is 181 g/mol. The fourth-order valence-electron chi connectivity index (χ4n) is 1.09. The molecule has 1 unspecified atom stereocenters. The largest absolute Gasteiger partial charge is 0.171 e. The van der Waals surface area contributed by atoms with Crippen molar-refractivity contribution in [2.75, 3.05) is 0 Å². The van der Waals surface area contributed by atoms with Crippen molar-refractivity contribution < 1.29 is 0 Å². The second-order valence-electron chi connectivity index (χ2n) is 2.83. The monoisotopic (exact) mass is 181 g/mol. The van der Waals surface area contributed by atoms with Gasteiger partial charge in [0.25, 0.3) is 0 Å². The smallest absolute Gasteiger partial charge is 0.112 e. The minimum absolute atomic E-state index is 0.0540. The first-order valence-corrected chi connectivity index (χ1v) is 4.28. The van der Waals surface area contributed by atoms with Gasteiger partial charge in [-0.05, 0) is 36.2 Å². The van der Waals surface area contributed by atoms with E-state index in [1.54, 1.807) is 6.07 Å². The third-order valence-electron chi connectivity index (χ3n) is 1.73. The Morgan fingerprint density at radius 2 is 2.17 bits per heavy atom. The summed E-state index contributed by atoms with van der Waals surface area (Å²) in [7, 11) is 0. The van der Waals surface area contributed by atoms with Crippen LogP contribution in [0, 0.1) is 11.8 Å². The molecule has 0 radical (unpaired) electrons. The summed E-state index contributed by atoms with van der Waals surface area (Å²) in [5, 5.41) is 3.01. The molecule has 0 aliphatic heterocycles. The number of thiol groups is 1. The molecule has 0 aliphatic rings. The Hall–Kier alpha value is -0.830. The first-order chi connectivity index (χ1) is 5.65. The zero-order chi connectivity index (χ0) is 9.14. The number of benzene rings is 1. The van der Waals surface area contributed by atoms with Crippen molar-refractivity contribution in [2.24, 2.45) is 5.18 Å². The van der Waals surface area contributed by atoms with Crippen LogP contribution in [-0.4, -0.2) is 0 Å². The molecule has 0 amide bonds. The van der Waals surface area contributed by atoms with Gasteiger partial charge in [-0.15, -0.1) is 4.91 Å². The summed E-state index contributed by atoms with van der Waals surface area (Å²) in [5.41, 5.74) is 2.43. The summed E-state index contributed by atoms with van der Waals surface area (Å²) in [5.74, 6) is 0. The fourth-order valence-corrected chi connectivity index (χ4v) is 1.30. The van der Waals surface area contributed by atoms with Gasteiger partial charge in [-0.3, -0.25) is 0 Å². The molecule has 12 heavy (non-hydrogen) atoms. The van der Waals surface area contributed by atoms with Crippen molar-refractivity contribution in [3.63, 3.8) is 0 Å². The maximum atomic E-state index is 10.4. The molecule has 0 heterocycles. The lowest BCUT2D eigenvalue weighted by Crippen LogP contribution is -1.85. The Balaban J connectivity index is 3.20. The summed E-state index contributed by atoms with van der Waals surface area (Å²) in [6, 6.07) is 5.62. The van der Waals surface area contributed by atoms with Crippen molar-refractivity contribution >= 4 is 18.3 Å². The van der Waals surface area contributed by atoms with E-state index < -0.39 is 0 Å². The van der Waals surface area contributed by atoms with Crippen LogP contribution in [0.2, 0.25) is 0 Å². The SMILES string of the molecule is Cc1ccc(C(C)S)c(N=O)c1. The Labute approximate surface area is 77.4 Å². The maximum absolute atomic E-state index is 10.4. The molecular formula is C9H11NOS. The van der Waals surface area contributed by atoms with Crippen molar-refractivity contribution in [2.45, 2.75) is 19.1 Å². The quantitative estimate of drug-likeness (QED) is 0.550. The minimum Gasteiger partial charge on any atom is -0.171 e. The van der Waals surface area contributed by atoms with Crippen LogP contribution >= 0.6 is 12.6 Å². The molecule has 1 rings (SSSR count). The molecule has 1 atom stereocenters. The molecule has 2 nitrogen and oxygen atoms in total. The highest BCUT2D eigenvalue weighted by atomic mass is 32.1. The summed E-state index contributed by atoms with van der Waals surface area (Å²) >= 11 is 4.25. The topological polar surface area (TPSA) is 29.4 Å². The summed E-state index contributed by atoms with van der Waals surface area (Å²) in [4.78, 5) is 10.4. The van der Waals surface area contributed by atoms with Crippen LogP contribution in [0.4, 0.5) is 5.69 Å². The molecule has 0 saturated heterocycles. The van der Waals surface area contributed by atoms with E-state index in [1.165, 1.54) is 0 Å². The van der Waals surface area contributed by atoms with Gasteiger partial charge < -0.3 is 0 Å². The molecule has 64 valence electrons. The summed E-state index contributed by atoms with van der Waals surface area (Å²) in [6.45, 7) is 3.85. The lowest BCUT2D eigenvalue weighted by Gasteiger charge is -2.06. The molecule has 0 saturated carbocycles. The van der Waals surface area contributed by atoms with Crippen molar-refractivity contribution in [3.05, 3.63) is 34.2 Å². The molecule has 1 aromatic carbocycles. The zero-order valence-electron chi connectivity index (χ0n) is 7.11. The van der Waals surface area contributed by atoms with Crippen LogP contribution in [-0.2, 0) is 0 Å². The predicted octanol–water partition coefficient (Wildman–Crippen LogP) is 3.38. The highest BCUT2D eigenvalue weighted by molar-refractivity contribution is 7.80. The van der Waals surface area contributed by atoms with E-state index in [0.717, 1.165) is 11.1 Å². The number of hydrogen-bond acceptors (Lipinski definition) is 3. The Morgan fingerprint density at radius 1 is 1.50 bits per heavy atom. The molecule has 3 heteroatoms. The molecule has 0 N–H and O–H groups in total. The van der Waals surface area contributed by atoms with Crippen LogP contribution in [0.25, 0.3) is 0 Å². The Bertz CT molecular complexity index is 297.